The van der Waals surface area contributed by atoms with Gasteiger partial charge in [0.25, 0.3) is 5.91 Å². The summed E-state index contributed by atoms with van der Waals surface area (Å²) in [6.45, 7) is 1.39. The van der Waals surface area contributed by atoms with Crippen LogP contribution in [-0.2, 0) is 24.9 Å². The summed E-state index contributed by atoms with van der Waals surface area (Å²) >= 11 is 0. The third kappa shape index (κ3) is 4.41. The van der Waals surface area contributed by atoms with Gasteiger partial charge in [-0.15, -0.1) is 10.2 Å². The van der Waals surface area contributed by atoms with Crippen LogP contribution in [0.15, 0.2) is 61.2 Å². The molecule has 0 saturated carbocycles. The molecule has 2 N–H and O–H groups in total. The first kappa shape index (κ1) is 20.7. The average Bonchev–Trinajstić information content (AvgIpc) is 3.24. The zero-order chi connectivity index (χ0) is 22.6. The van der Waals surface area contributed by atoms with Crippen LogP contribution in [0.25, 0.3) is 11.5 Å². The van der Waals surface area contributed by atoms with Gasteiger partial charge in [0.05, 0.1) is 25.8 Å². The molecule has 0 bridgehead atoms. The van der Waals surface area contributed by atoms with Crippen molar-refractivity contribution in [3.05, 3.63) is 83.7 Å². The van der Waals surface area contributed by atoms with Crippen molar-refractivity contribution in [2.24, 2.45) is 7.05 Å². The second-order valence-electron chi connectivity index (χ2n) is 7.62. The summed E-state index contributed by atoms with van der Waals surface area (Å²) < 4.78 is 7.49. The Bertz CT molecular complexity index is 1270. The van der Waals surface area contributed by atoms with E-state index in [0.717, 1.165) is 11.1 Å². The largest absolute Gasteiger partial charge is 0.374 e. The first-order valence-electron chi connectivity index (χ1n) is 10.5. The maximum absolute atomic E-state index is 12.9. The predicted molar refractivity (Wildman–Crippen MR) is 120 cm³/mol. The van der Waals surface area contributed by atoms with Gasteiger partial charge in [0.15, 0.2) is 11.6 Å². The summed E-state index contributed by atoms with van der Waals surface area (Å²) in [6.07, 6.45) is 4.74. The van der Waals surface area contributed by atoms with Crippen molar-refractivity contribution in [2.75, 3.05) is 11.9 Å². The van der Waals surface area contributed by atoms with Crippen molar-refractivity contribution in [1.82, 2.24) is 35.0 Å². The van der Waals surface area contributed by atoms with Crippen LogP contribution >= 0.6 is 0 Å². The molecular weight excluding hydrogens is 420 g/mol. The van der Waals surface area contributed by atoms with E-state index < -0.39 is 0 Å². The summed E-state index contributed by atoms with van der Waals surface area (Å²) in [7, 11) is 1.87. The molecule has 0 spiro atoms. The molecule has 3 aromatic heterocycles. The molecular formula is C23H22N8O2. The molecule has 0 aliphatic carbocycles. The third-order valence-corrected chi connectivity index (χ3v) is 5.50. The van der Waals surface area contributed by atoms with Crippen molar-refractivity contribution in [1.29, 1.82) is 0 Å². The van der Waals surface area contributed by atoms with E-state index in [-0.39, 0.29) is 11.9 Å². The number of pyridine rings is 1. The number of ether oxygens (including phenoxy) is 1. The standard InChI is InChI=1S/C23H22N8O2/c1-31-21(29-30-22(31)18-7-8-24-14-27-18)11-26-20-10-15(6-9-25-20)23(32)28-19-13-33-12-16-4-2-3-5-17(16)19/h2-10,14,19H,11-13H2,1H3,(H,25,26)(H,28,32)/t19-/m1/s1. The SMILES string of the molecule is Cn1c(CNc2cc(C(=O)N[C@@H]3COCc4ccccc43)ccn2)nnc1-c1ccncn1. The molecule has 1 atom stereocenters. The third-order valence-electron chi connectivity index (χ3n) is 5.50. The lowest BCUT2D eigenvalue weighted by atomic mass is 9.99. The van der Waals surface area contributed by atoms with Crippen LogP contribution in [0.1, 0.15) is 33.4 Å². The number of carbonyl (C=O) groups is 1. The van der Waals surface area contributed by atoms with Crippen LogP contribution in [0.2, 0.25) is 0 Å². The van der Waals surface area contributed by atoms with Gasteiger partial charge in [0, 0.05) is 25.0 Å². The van der Waals surface area contributed by atoms with Crippen molar-refractivity contribution in [2.45, 2.75) is 19.2 Å². The summed E-state index contributed by atoms with van der Waals surface area (Å²) in [5.74, 6) is 1.73. The summed E-state index contributed by atoms with van der Waals surface area (Å²) in [5.41, 5.74) is 3.38. The topological polar surface area (TPSA) is 120 Å². The molecule has 1 amide bonds. The van der Waals surface area contributed by atoms with E-state index in [4.69, 9.17) is 4.74 Å². The Labute approximate surface area is 190 Å². The number of hydrogen-bond acceptors (Lipinski definition) is 8. The average molecular weight is 442 g/mol. The zero-order valence-electron chi connectivity index (χ0n) is 18.0. The van der Waals surface area contributed by atoms with E-state index in [1.54, 1.807) is 30.6 Å². The number of nitrogens with zero attached hydrogens (tertiary/aromatic N) is 6. The zero-order valence-corrected chi connectivity index (χ0v) is 18.0. The molecule has 0 radical (unpaired) electrons. The van der Waals surface area contributed by atoms with Gasteiger partial charge in [-0.05, 0) is 29.3 Å². The molecule has 0 saturated heterocycles. The minimum atomic E-state index is -0.189. The van der Waals surface area contributed by atoms with Gasteiger partial charge >= 0.3 is 0 Å². The maximum Gasteiger partial charge on any atom is 0.252 e. The Morgan fingerprint density at radius 3 is 2.94 bits per heavy atom. The molecule has 1 aromatic carbocycles. The van der Waals surface area contributed by atoms with E-state index in [9.17, 15) is 4.79 Å². The fourth-order valence-electron chi connectivity index (χ4n) is 3.74. The highest BCUT2D eigenvalue weighted by Gasteiger charge is 2.22. The Balaban J connectivity index is 1.26. The van der Waals surface area contributed by atoms with Gasteiger partial charge in [0.1, 0.15) is 17.8 Å². The number of anilines is 1. The molecule has 0 unspecified atom stereocenters. The number of carbonyl (C=O) groups excluding carboxylic acids is 1. The molecule has 10 heteroatoms. The van der Waals surface area contributed by atoms with E-state index in [1.807, 2.05) is 35.9 Å². The van der Waals surface area contributed by atoms with Gasteiger partial charge in [0.2, 0.25) is 0 Å². The Kier molecular flexibility index (Phi) is 5.73. The van der Waals surface area contributed by atoms with E-state index in [2.05, 4.69) is 35.8 Å². The Morgan fingerprint density at radius 2 is 2.06 bits per heavy atom. The number of rotatable bonds is 6. The van der Waals surface area contributed by atoms with E-state index >= 15 is 0 Å². The lowest BCUT2D eigenvalue weighted by molar-refractivity contribution is 0.0708. The molecule has 1 aliphatic heterocycles. The normalized spacial score (nSPS) is 15.0. The second-order valence-corrected chi connectivity index (χ2v) is 7.62. The molecule has 4 heterocycles. The van der Waals surface area contributed by atoms with Crippen molar-refractivity contribution in [3.63, 3.8) is 0 Å². The van der Waals surface area contributed by atoms with Crippen LogP contribution in [0.4, 0.5) is 5.82 Å². The predicted octanol–water partition coefficient (Wildman–Crippen LogP) is 2.28. The summed E-state index contributed by atoms with van der Waals surface area (Å²) in [6, 6.07) is 13.0. The molecule has 166 valence electrons. The monoisotopic (exact) mass is 442 g/mol. The number of hydrogen-bond donors (Lipinski definition) is 2. The molecule has 1 aliphatic rings. The molecule has 5 rings (SSSR count). The van der Waals surface area contributed by atoms with Crippen LogP contribution in [0.3, 0.4) is 0 Å². The minimum Gasteiger partial charge on any atom is -0.374 e. The Hall–Kier alpha value is -4.18. The van der Waals surface area contributed by atoms with Gasteiger partial charge in [-0.2, -0.15) is 0 Å². The van der Waals surface area contributed by atoms with Crippen LogP contribution in [0.5, 0.6) is 0 Å². The van der Waals surface area contributed by atoms with Gasteiger partial charge in [-0.25, -0.2) is 15.0 Å². The van der Waals surface area contributed by atoms with Crippen LogP contribution in [0, 0.1) is 0 Å². The van der Waals surface area contributed by atoms with Gasteiger partial charge in [-0.1, -0.05) is 24.3 Å². The number of amides is 1. The smallest absolute Gasteiger partial charge is 0.252 e. The van der Waals surface area contributed by atoms with Gasteiger partial charge < -0.3 is 19.9 Å². The molecule has 0 fully saturated rings. The quantitative estimate of drug-likeness (QED) is 0.467. The highest BCUT2D eigenvalue weighted by Crippen LogP contribution is 2.25. The van der Waals surface area contributed by atoms with Gasteiger partial charge in [-0.3, -0.25) is 4.79 Å². The van der Waals surface area contributed by atoms with Crippen molar-refractivity contribution in [3.8, 4) is 11.5 Å². The number of fused-ring (bicyclic) bond motifs is 1. The van der Waals surface area contributed by atoms with Crippen molar-refractivity contribution < 1.29 is 9.53 Å². The highest BCUT2D eigenvalue weighted by atomic mass is 16.5. The fraction of sp³-hybridized carbons (Fsp3) is 0.217. The lowest BCUT2D eigenvalue weighted by Crippen LogP contribution is -2.34. The van der Waals surface area contributed by atoms with Crippen LogP contribution < -0.4 is 10.6 Å². The Morgan fingerprint density at radius 1 is 1.15 bits per heavy atom. The summed E-state index contributed by atoms with van der Waals surface area (Å²) in [5, 5.41) is 14.7. The second kappa shape index (κ2) is 9.13. The fourth-order valence-corrected chi connectivity index (χ4v) is 3.74. The number of benzene rings is 1. The maximum atomic E-state index is 12.9. The highest BCUT2D eigenvalue weighted by molar-refractivity contribution is 5.95. The number of aromatic nitrogens is 6. The molecule has 33 heavy (non-hydrogen) atoms. The van der Waals surface area contributed by atoms with E-state index in [0.29, 0.717) is 48.5 Å². The number of nitrogens with one attached hydrogen (secondary N) is 2. The van der Waals surface area contributed by atoms with Crippen LogP contribution in [-0.4, -0.2) is 42.2 Å². The lowest BCUT2D eigenvalue weighted by Gasteiger charge is -2.26. The molecule has 10 nitrogen and oxygen atoms in total. The first-order valence-corrected chi connectivity index (χ1v) is 10.5. The summed E-state index contributed by atoms with van der Waals surface area (Å²) in [4.78, 5) is 25.4. The minimum absolute atomic E-state index is 0.185. The first-order chi connectivity index (χ1) is 16.2. The molecule has 4 aromatic rings. The van der Waals surface area contributed by atoms with E-state index in [1.165, 1.54) is 6.33 Å². The van der Waals surface area contributed by atoms with Crippen molar-refractivity contribution >= 4 is 11.7 Å².